The van der Waals surface area contributed by atoms with Crippen molar-refractivity contribution >= 4 is 22.4 Å². The number of carbonyl (C=O) groups is 1. The number of amides is 1. The maximum atomic E-state index is 12.3. The van der Waals surface area contributed by atoms with E-state index >= 15 is 0 Å². The van der Waals surface area contributed by atoms with Crippen molar-refractivity contribution in [1.29, 1.82) is 0 Å². The molecule has 25 heavy (non-hydrogen) atoms. The molecule has 1 aliphatic carbocycles. The van der Waals surface area contributed by atoms with E-state index in [1.54, 1.807) is 0 Å². The van der Waals surface area contributed by atoms with Crippen LogP contribution in [0.15, 0.2) is 0 Å². The van der Waals surface area contributed by atoms with Gasteiger partial charge in [-0.1, -0.05) is 24.7 Å². The van der Waals surface area contributed by atoms with Crippen molar-refractivity contribution in [3.05, 3.63) is 22.0 Å². The Hall–Kier alpha value is -1.80. The summed E-state index contributed by atoms with van der Waals surface area (Å²) >= 11 is 1.47. The Bertz CT molecular complexity index is 750. The number of H-pyrrole nitrogens is 1. The number of fused-ring (bicyclic) bond motifs is 1. The molecule has 8 heteroatoms. The molecular weight excluding hydrogens is 336 g/mol. The van der Waals surface area contributed by atoms with Gasteiger partial charge in [-0.05, 0) is 19.3 Å². The second-order valence-electron chi connectivity index (χ2n) is 6.95. The van der Waals surface area contributed by atoms with Gasteiger partial charge in [-0.25, -0.2) is 0 Å². The highest BCUT2D eigenvalue weighted by molar-refractivity contribution is 7.15. The minimum atomic E-state index is -0.0173. The monoisotopic (exact) mass is 360 g/mol. The normalized spacial score (nSPS) is 18.0. The smallest absolute Gasteiger partial charge is 0.240 e. The third-order valence-electron chi connectivity index (χ3n) is 5.08. The maximum absolute atomic E-state index is 12.3. The van der Waals surface area contributed by atoms with E-state index < -0.39 is 0 Å². The van der Waals surface area contributed by atoms with Crippen LogP contribution < -0.4 is 5.32 Å². The van der Waals surface area contributed by atoms with E-state index in [2.05, 4.69) is 37.5 Å². The van der Waals surface area contributed by atoms with Crippen molar-refractivity contribution < 1.29 is 4.79 Å². The van der Waals surface area contributed by atoms with Crippen LogP contribution >= 0.6 is 11.3 Å². The van der Waals surface area contributed by atoms with Gasteiger partial charge in [0.15, 0.2) is 0 Å². The number of hydrogen-bond donors (Lipinski definition) is 2. The van der Waals surface area contributed by atoms with Gasteiger partial charge in [-0.3, -0.25) is 20.1 Å². The van der Waals surface area contributed by atoms with Crippen molar-refractivity contribution in [1.82, 2.24) is 25.3 Å². The number of anilines is 1. The van der Waals surface area contributed by atoms with E-state index in [9.17, 15) is 4.79 Å². The molecule has 0 bridgehead atoms. The van der Waals surface area contributed by atoms with Gasteiger partial charge in [-0.15, -0.1) is 10.2 Å². The number of aryl methyl sites for hydroxylation is 1. The summed E-state index contributed by atoms with van der Waals surface area (Å²) in [6.07, 6.45) is 6.67. The fourth-order valence-electron chi connectivity index (χ4n) is 3.51. The van der Waals surface area contributed by atoms with E-state index in [0.29, 0.717) is 17.6 Å². The summed E-state index contributed by atoms with van der Waals surface area (Å²) in [5.41, 5.74) is 3.82. The number of aromatic nitrogens is 4. The molecule has 3 heterocycles. The van der Waals surface area contributed by atoms with Crippen LogP contribution in [-0.4, -0.2) is 44.3 Å². The Morgan fingerprint density at radius 1 is 1.40 bits per heavy atom. The molecule has 1 aliphatic heterocycles. The highest BCUT2D eigenvalue weighted by atomic mass is 32.1. The van der Waals surface area contributed by atoms with Crippen molar-refractivity contribution in [3.8, 4) is 0 Å². The van der Waals surface area contributed by atoms with E-state index in [1.165, 1.54) is 47.6 Å². The van der Waals surface area contributed by atoms with Gasteiger partial charge in [0.25, 0.3) is 0 Å². The second-order valence-corrected chi connectivity index (χ2v) is 8.02. The molecule has 7 nitrogen and oxygen atoms in total. The van der Waals surface area contributed by atoms with Crippen molar-refractivity contribution in [3.63, 3.8) is 0 Å². The first-order chi connectivity index (χ1) is 12.2. The summed E-state index contributed by atoms with van der Waals surface area (Å²) in [5, 5.41) is 20.4. The van der Waals surface area contributed by atoms with Crippen LogP contribution in [0.2, 0.25) is 0 Å². The van der Waals surface area contributed by atoms with Crippen LogP contribution in [0.4, 0.5) is 5.13 Å². The predicted octanol–water partition coefficient (Wildman–Crippen LogP) is 2.48. The summed E-state index contributed by atoms with van der Waals surface area (Å²) in [7, 11) is 0. The molecule has 0 atom stereocenters. The number of nitrogens with zero attached hydrogens (tertiary/aromatic N) is 4. The molecule has 134 valence electrons. The maximum Gasteiger partial charge on any atom is 0.240 e. The van der Waals surface area contributed by atoms with E-state index in [4.69, 9.17) is 0 Å². The summed E-state index contributed by atoms with van der Waals surface area (Å²) < 4.78 is 0. The fraction of sp³-hybridized carbons (Fsp3) is 0.647. The second kappa shape index (κ2) is 7.21. The Kier molecular flexibility index (Phi) is 4.80. The van der Waals surface area contributed by atoms with Crippen LogP contribution in [-0.2, 0) is 24.2 Å². The van der Waals surface area contributed by atoms with Crippen LogP contribution in [0.5, 0.6) is 0 Å². The van der Waals surface area contributed by atoms with Gasteiger partial charge in [0.2, 0.25) is 11.0 Å². The zero-order valence-electron chi connectivity index (χ0n) is 14.5. The lowest BCUT2D eigenvalue weighted by molar-refractivity contribution is -0.117. The summed E-state index contributed by atoms with van der Waals surface area (Å²) in [6, 6.07) is 0. The fourth-order valence-corrected chi connectivity index (χ4v) is 4.37. The SMILES string of the molecule is CCCc1nnc(NC(=O)CN2CCc3[nH]nc(C4CCC4)c3C2)s1. The molecule has 0 spiro atoms. The molecule has 0 aromatic carbocycles. The molecular formula is C17H24N6OS. The first-order valence-corrected chi connectivity index (χ1v) is 9.95. The lowest BCUT2D eigenvalue weighted by atomic mass is 9.81. The molecule has 4 rings (SSSR count). The Morgan fingerprint density at radius 3 is 3.04 bits per heavy atom. The van der Waals surface area contributed by atoms with Gasteiger partial charge < -0.3 is 0 Å². The number of hydrogen-bond acceptors (Lipinski definition) is 6. The Morgan fingerprint density at radius 2 is 2.28 bits per heavy atom. The average Bonchev–Trinajstić information content (AvgIpc) is 3.14. The summed E-state index contributed by atoms with van der Waals surface area (Å²) in [5.74, 6) is 0.600. The lowest BCUT2D eigenvalue weighted by Crippen LogP contribution is -2.37. The van der Waals surface area contributed by atoms with Crippen LogP contribution in [0.1, 0.15) is 60.5 Å². The van der Waals surface area contributed by atoms with Crippen LogP contribution in [0.3, 0.4) is 0 Å². The molecule has 2 aromatic heterocycles. The van der Waals surface area contributed by atoms with Crippen molar-refractivity contribution in [2.24, 2.45) is 0 Å². The zero-order chi connectivity index (χ0) is 17.2. The minimum Gasteiger partial charge on any atom is -0.299 e. The van der Waals surface area contributed by atoms with Crippen molar-refractivity contribution in [2.45, 2.75) is 57.9 Å². The number of carbonyl (C=O) groups excluding carboxylic acids is 1. The lowest BCUT2D eigenvalue weighted by Gasteiger charge is -2.29. The molecule has 1 saturated carbocycles. The van der Waals surface area contributed by atoms with Gasteiger partial charge >= 0.3 is 0 Å². The van der Waals surface area contributed by atoms with E-state index in [-0.39, 0.29) is 5.91 Å². The molecule has 0 unspecified atom stereocenters. The topological polar surface area (TPSA) is 86.8 Å². The first kappa shape index (κ1) is 16.7. The number of nitrogens with one attached hydrogen (secondary N) is 2. The zero-order valence-corrected chi connectivity index (χ0v) is 15.4. The quantitative estimate of drug-likeness (QED) is 0.826. The molecule has 1 fully saturated rings. The molecule has 2 N–H and O–H groups in total. The minimum absolute atomic E-state index is 0.0173. The summed E-state index contributed by atoms with van der Waals surface area (Å²) in [6.45, 7) is 4.18. The highest BCUT2D eigenvalue weighted by Gasteiger charge is 2.30. The highest BCUT2D eigenvalue weighted by Crippen LogP contribution is 2.38. The van der Waals surface area contributed by atoms with Crippen molar-refractivity contribution in [2.75, 3.05) is 18.4 Å². The molecule has 0 radical (unpaired) electrons. The Balaban J connectivity index is 1.35. The molecule has 0 saturated heterocycles. The predicted molar refractivity (Wildman–Crippen MR) is 96.7 cm³/mol. The molecule has 2 aliphatic rings. The third kappa shape index (κ3) is 3.59. The first-order valence-electron chi connectivity index (χ1n) is 9.13. The van der Waals surface area contributed by atoms with Crippen LogP contribution in [0.25, 0.3) is 0 Å². The van der Waals surface area contributed by atoms with Gasteiger partial charge in [0.1, 0.15) is 5.01 Å². The van der Waals surface area contributed by atoms with Crippen LogP contribution in [0, 0.1) is 0 Å². The number of rotatable bonds is 6. The van der Waals surface area contributed by atoms with Gasteiger partial charge in [0.05, 0.1) is 12.2 Å². The van der Waals surface area contributed by atoms with Gasteiger partial charge in [-0.2, -0.15) is 5.10 Å². The van der Waals surface area contributed by atoms with Gasteiger partial charge in [0, 0.05) is 43.1 Å². The molecule has 1 amide bonds. The average molecular weight is 360 g/mol. The standard InChI is InChI=1S/C17H24N6OS/c1-2-4-15-20-22-17(25-15)18-14(24)10-23-8-7-13-12(9-23)16(21-19-13)11-5-3-6-11/h11H,2-10H2,1H3,(H,19,21)(H,18,22,24). The third-order valence-corrected chi connectivity index (χ3v) is 5.98. The number of aromatic amines is 1. The molecule has 2 aromatic rings. The van der Waals surface area contributed by atoms with E-state index in [0.717, 1.165) is 37.4 Å². The summed E-state index contributed by atoms with van der Waals surface area (Å²) in [4.78, 5) is 14.5. The van der Waals surface area contributed by atoms with E-state index in [1.807, 2.05) is 0 Å². The largest absolute Gasteiger partial charge is 0.299 e. The Labute approximate surface area is 151 Å².